The number of aromatic hydroxyl groups is 1. The summed E-state index contributed by atoms with van der Waals surface area (Å²) in [5, 5.41) is 10.9. The lowest BCUT2D eigenvalue weighted by atomic mass is 10.3. The largest absolute Gasteiger partial charge is 0.494 e. The molecule has 3 rings (SSSR count). The minimum atomic E-state index is -3.45. The van der Waals surface area contributed by atoms with E-state index in [2.05, 4.69) is 4.98 Å². The summed E-state index contributed by atoms with van der Waals surface area (Å²) >= 11 is 0.922. The number of thiazole rings is 1. The molecule has 0 unspecified atom stereocenters. The van der Waals surface area contributed by atoms with Gasteiger partial charge in [0.05, 0.1) is 11.1 Å². The van der Waals surface area contributed by atoms with Gasteiger partial charge in [0, 0.05) is 25.1 Å². The summed E-state index contributed by atoms with van der Waals surface area (Å²) in [7, 11) is -3.45. The molecule has 0 radical (unpaired) electrons. The Morgan fingerprint density at radius 3 is 2.83 bits per heavy atom. The van der Waals surface area contributed by atoms with Crippen LogP contribution in [0.3, 0.4) is 0 Å². The normalized spacial score (nSPS) is 12.0. The number of nitrogens with zero attached hydrogens (tertiary/aromatic N) is 3. The van der Waals surface area contributed by atoms with Crippen molar-refractivity contribution in [2.45, 2.75) is 24.3 Å². The molecule has 3 heterocycles. The Kier molecular flexibility index (Phi) is 4.22. The third-order valence-electron chi connectivity index (χ3n) is 3.53. The molecule has 3 aromatic heterocycles. The Morgan fingerprint density at radius 2 is 2.09 bits per heavy atom. The minimum absolute atomic E-state index is 0.0286. The Labute approximate surface area is 136 Å². The molecule has 23 heavy (non-hydrogen) atoms. The average molecular weight is 353 g/mol. The maximum Gasteiger partial charge on any atom is 0.309 e. The van der Waals surface area contributed by atoms with Gasteiger partial charge in [-0.2, -0.15) is 0 Å². The van der Waals surface area contributed by atoms with Crippen LogP contribution < -0.4 is 4.87 Å². The number of hydrogen-bond acceptors (Lipinski definition) is 6. The molecule has 7 nitrogen and oxygen atoms in total. The lowest BCUT2D eigenvalue weighted by molar-refractivity contribution is 0.409. The fourth-order valence-corrected chi connectivity index (χ4v) is 4.54. The topological polar surface area (TPSA) is 93.7 Å². The molecule has 0 saturated carbocycles. The summed E-state index contributed by atoms with van der Waals surface area (Å²) in [6.07, 6.45) is 5.88. The van der Waals surface area contributed by atoms with Crippen LogP contribution in [-0.2, 0) is 16.4 Å². The smallest absolute Gasteiger partial charge is 0.309 e. The molecule has 0 saturated heterocycles. The first kappa shape index (κ1) is 15.8. The molecule has 9 heteroatoms. The number of imidazole rings is 1. The zero-order chi connectivity index (χ0) is 16.4. The van der Waals surface area contributed by atoms with Gasteiger partial charge in [0.15, 0.2) is 15.5 Å². The van der Waals surface area contributed by atoms with E-state index in [1.54, 1.807) is 35.1 Å². The van der Waals surface area contributed by atoms with Gasteiger partial charge < -0.3 is 9.51 Å². The number of aromatic nitrogens is 3. The van der Waals surface area contributed by atoms with Gasteiger partial charge in [0.25, 0.3) is 0 Å². The second-order valence-electron chi connectivity index (χ2n) is 5.07. The Bertz CT molecular complexity index is 985. The van der Waals surface area contributed by atoms with Crippen molar-refractivity contribution in [3.05, 3.63) is 45.8 Å². The standard InChI is InChI=1S/C14H15N3O4S2/c18-12-10-22-14(19)17(12)7-1-2-9-23(20,21)11-4-3-6-16-8-5-15-13(11)16/h3-6,8,10,18H,1-2,7,9H2. The number of rotatable bonds is 6. The highest BCUT2D eigenvalue weighted by atomic mass is 32.2. The van der Waals surface area contributed by atoms with Crippen molar-refractivity contribution in [3.8, 4) is 5.88 Å². The molecule has 122 valence electrons. The van der Waals surface area contributed by atoms with Crippen molar-refractivity contribution in [2.75, 3.05) is 5.75 Å². The highest BCUT2D eigenvalue weighted by molar-refractivity contribution is 7.91. The van der Waals surface area contributed by atoms with Crippen LogP contribution >= 0.6 is 11.3 Å². The highest BCUT2D eigenvalue weighted by Crippen LogP contribution is 2.18. The molecule has 0 bridgehead atoms. The molecule has 0 aliphatic rings. The van der Waals surface area contributed by atoms with E-state index in [1.165, 1.54) is 9.95 Å². The molecule has 0 amide bonds. The number of pyridine rings is 1. The quantitative estimate of drug-likeness (QED) is 0.678. The average Bonchev–Trinajstić information content (AvgIpc) is 3.11. The van der Waals surface area contributed by atoms with E-state index in [0.29, 0.717) is 25.0 Å². The molecule has 0 aliphatic heterocycles. The summed E-state index contributed by atoms with van der Waals surface area (Å²) in [6, 6.07) is 3.22. The Morgan fingerprint density at radius 1 is 1.26 bits per heavy atom. The summed E-state index contributed by atoms with van der Waals surface area (Å²) < 4.78 is 27.8. The highest BCUT2D eigenvalue weighted by Gasteiger charge is 2.18. The van der Waals surface area contributed by atoms with Crippen LogP contribution in [0.5, 0.6) is 5.88 Å². The molecule has 3 aromatic rings. The second-order valence-corrected chi connectivity index (χ2v) is 7.97. The van der Waals surface area contributed by atoms with Crippen LogP contribution in [-0.4, -0.2) is 33.2 Å². The van der Waals surface area contributed by atoms with Gasteiger partial charge in [0.1, 0.15) is 4.90 Å². The van der Waals surface area contributed by atoms with Crippen LogP contribution in [0.15, 0.2) is 45.8 Å². The number of sulfone groups is 1. The lowest BCUT2D eigenvalue weighted by Crippen LogP contribution is -2.14. The van der Waals surface area contributed by atoms with Gasteiger partial charge in [-0.25, -0.2) is 13.4 Å². The number of unbranched alkanes of at least 4 members (excludes halogenated alkanes) is 1. The van der Waals surface area contributed by atoms with Crippen molar-refractivity contribution in [2.24, 2.45) is 0 Å². The van der Waals surface area contributed by atoms with E-state index in [4.69, 9.17) is 0 Å². The van der Waals surface area contributed by atoms with Crippen LogP contribution in [0.25, 0.3) is 5.65 Å². The van der Waals surface area contributed by atoms with Crippen molar-refractivity contribution in [3.63, 3.8) is 0 Å². The molecule has 0 spiro atoms. The van der Waals surface area contributed by atoms with Crippen molar-refractivity contribution in [1.29, 1.82) is 0 Å². The van der Waals surface area contributed by atoms with E-state index in [-0.39, 0.29) is 21.4 Å². The number of fused-ring (bicyclic) bond motifs is 1. The zero-order valence-electron chi connectivity index (χ0n) is 12.1. The molecule has 1 N–H and O–H groups in total. The van der Waals surface area contributed by atoms with Crippen molar-refractivity contribution >= 4 is 26.8 Å². The predicted molar refractivity (Wildman–Crippen MR) is 86.7 cm³/mol. The molecular weight excluding hydrogens is 338 g/mol. The van der Waals surface area contributed by atoms with Crippen LogP contribution in [0.4, 0.5) is 0 Å². The first-order valence-electron chi connectivity index (χ1n) is 7.01. The van der Waals surface area contributed by atoms with E-state index in [0.717, 1.165) is 11.3 Å². The Balaban J connectivity index is 1.68. The summed E-state index contributed by atoms with van der Waals surface area (Å²) in [6.45, 7) is 0.303. The van der Waals surface area contributed by atoms with Gasteiger partial charge in [0.2, 0.25) is 5.88 Å². The molecular formula is C14H15N3O4S2. The SMILES string of the molecule is O=c1scc(O)n1CCCCS(=O)(=O)c1cccn2ccnc12. The molecule has 0 fully saturated rings. The van der Waals surface area contributed by atoms with Crippen molar-refractivity contribution in [1.82, 2.24) is 14.0 Å². The number of hydrogen-bond donors (Lipinski definition) is 1. The van der Waals surface area contributed by atoms with Crippen molar-refractivity contribution < 1.29 is 13.5 Å². The monoisotopic (exact) mass is 353 g/mol. The fourth-order valence-electron chi connectivity index (χ4n) is 2.37. The lowest BCUT2D eigenvalue weighted by Gasteiger charge is -2.06. The second kappa shape index (κ2) is 6.17. The minimum Gasteiger partial charge on any atom is -0.494 e. The maximum absolute atomic E-state index is 12.5. The van der Waals surface area contributed by atoms with Gasteiger partial charge in [-0.3, -0.25) is 9.36 Å². The first-order valence-corrected chi connectivity index (χ1v) is 9.54. The van der Waals surface area contributed by atoms with Crippen LogP contribution in [0.1, 0.15) is 12.8 Å². The maximum atomic E-state index is 12.5. The first-order chi connectivity index (χ1) is 11.0. The molecule has 0 aliphatic carbocycles. The van der Waals surface area contributed by atoms with Gasteiger partial charge >= 0.3 is 4.87 Å². The van der Waals surface area contributed by atoms with E-state index < -0.39 is 9.84 Å². The van der Waals surface area contributed by atoms with Gasteiger partial charge in [-0.05, 0) is 25.0 Å². The summed E-state index contributed by atoms with van der Waals surface area (Å²) in [4.78, 5) is 15.5. The Hall–Kier alpha value is -2.13. The third kappa shape index (κ3) is 3.15. The van der Waals surface area contributed by atoms with E-state index >= 15 is 0 Å². The summed E-state index contributed by atoms with van der Waals surface area (Å²) in [5.74, 6) is -0.107. The van der Waals surface area contributed by atoms with Crippen LogP contribution in [0.2, 0.25) is 0 Å². The van der Waals surface area contributed by atoms with Gasteiger partial charge in [-0.15, -0.1) is 0 Å². The molecule has 0 atom stereocenters. The predicted octanol–water partition coefficient (Wildman–Crippen LogP) is 1.52. The van der Waals surface area contributed by atoms with Gasteiger partial charge in [-0.1, -0.05) is 11.3 Å². The third-order valence-corrected chi connectivity index (χ3v) is 6.09. The van der Waals surface area contributed by atoms with Crippen LogP contribution in [0, 0.1) is 0 Å². The van der Waals surface area contributed by atoms with E-state index in [9.17, 15) is 18.3 Å². The fraction of sp³-hybridized carbons (Fsp3) is 0.286. The zero-order valence-corrected chi connectivity index (χ0v) is 13.8. The summed E-state index contributed by atoms with van der Waals surface area (Å²) in [5.41, 5.74) is 0.416. The molecule has 0 aromatic carbocycles. The van der Waals surface area contributed by atoms with E-state index in [1.807, 2.05) is 0 Å².